The highest BCUT2D eigenvalue weighted by Crippen LogP contribution is 2.32. The number of carbonyl (C=O) groups excluding carboxylic acids is 1. The van der Waals surface area contributed by atoms with Crippen LogP contribution in [0.2, 0.25) is 0 Å². The van der Waals surface area contributed by atoms with Crippen molar-refractivity contribution in [3.8, 4) is 11.5 Å². The molecule has 0 radical (unpaired) electrons. The second-order valence-electron chi connectivity index (χ2n) is 5.52. The van der Waals surface area contributed by atoms with Gasteiger partial charge in [-0.15, -0.1) is 0 Å². The third-order valence-electron chi connectivity index (χ3n) is 2.81. The number of hydrogen-bond acceptors (Lipinski definition) is 3. The largest absolute Gasteiger partial charge is 0.493 e. The van der Waals surface area contributed by atoms with Gasteiger partial charge in [0.15, 0.2) is 17.3 Å². The molecule has 0 saturated carbocycles. The molecule has 0 atom stereocenters. The van der Waals surface area contributed by atoms with Crippen molar-refractivity contribution in [2.75, 3.05) is 14.2 Å². The second-order valence-corrected chi connectivity index (χ2v) is 5.52. The zero-order valence-corrected chi connectivity index (χ0v) is 11.9. The Labute approximate surface area is 109 Å². The number of ether oxygens (including phenoxy) is 2. The third-order valence-corrected chi connectivity index (χ3v) is 2.81. The van der Waals surface area contributed by atoms with Crippen molar-refractivity contribution >= 4 is 5.78 Å². The van der Waals surface area contributed by atoms with E-state index in [1.54, 1.807) is 26.4 Å². The van der Waals surface area contributed by atoms with Gasteiger partial charge in [-0.2, -0.15) is 0 Å². The fourth-order valence-corrected chi connectivity index (χ4v) is 1.73. The Balaban J connectivity index is 2.92. The molecule has 1 aromatic carbocycles. The van der Waals surface area contributed by atoms with E-state index in [9.17, 15) is 4.79 Å². The van der Waals surface area contributed by atoms with Crippen LogP contribution in [0.4, 0.5) is 0 Å². The Kier molecular flexibility index (Phi) is 4.76. The normalized spacial score (nSPS) is 11.2. The van der Waals surface area contributed by atoms with Gasteiger partial charge in [-0.05, 0) is 24.0 Å². The summed E-state index contributed by atoms with van der Waals surface area (Å²) in [5.74, 6) is 1.22. The molecule has 0 amide bonds. The zero-order chi connectivity index (χ0) is 13.8. The van der Waals surface area contributed by atoms with Gasteiger partial charge >= 0.3 is 0 Å². The molecule has 18 heavy (non-hydrogen) atoms. The Morgan fingerprint density at radius 3 is 2.33 bits per heavy atom. The molecular formula is C15H22O3. The average Bonchev–Trinajstić information content (AvgIpc) is 2.33. The van der Waals surface area contributed by atoms with Gasteiger partial charge in [-0.1, -0.05) is 26.8 Å². The minimum absolute atomic E-state index is 0.0978. The predicted octanol–water partition coefficient (Wildman–Crippen LogP) is 3.71. The van der Waals surface area contributed by atoms with E-state index in [1.165, 1.54) is 0 Å². The van der Waals surface area contributed by atoms with Gasteiger partial charge in [0.1, 0.15) is 0 Å². The number of benzene rings is 1. The van der Waals surface area contributed by atoms with E-state index in [0.717, 1.165) is 6.42 Å². The van der Waals surface area contributed by atoms with E-state index >= 15 is 0 Å². The summed E-state index contributed by atoms with van der Waals surface area (Å²) in [4.78, 5) is 12.2. The number of hydrogen-bond donors (Lipinski definition) is 0. The summed E-state index contributed by atoms with van der Waals surface area (Å²) in [7, 11) is 3.12. The number of para-hydroxylation sites is 1. The van der Waals surface area contributed by atoms with Gasteiger partial charge < -0.3 is 9.47 Å². The van der Waals surface area contributed by atoms with Crippen molar-refractivity contribution < 1.29 is 14.3 Å². The molecular weight excluding hydrogens is 228 g/mol. The number of Topliss-reactive ketones (excluding diaryl/α,β-unsaturated/α-hetero) is 1. The molecule has 0 aliphatic heterocycles. The van der Waals surface area contributed by atoms with Gasteiger partial charge in [0.05, 0.1) is 19.8 Å². The van der Waals surface area contributed by atoms with Crippen LogP contribution in [0.15, 0.2) is 18.2 Å². The fourth-order valence-electron chi connectivity index (χ4n) is 1.73. The summed E-state index contributed by atoms with van der Waals surface area (Å²) in [5, 5.41) is 0. The lowest BCUT2D eigenvalue weighted by atomic mass is 9.88. The van der Waals surface area contributed by atoms with Gasteiger partial charge in [0, 0.05) is 6.42 Å². The smallest absolute Gasteiger partial charge is 0.171 e. The average molecular weight is 250 g/mol. The molecule has 0 heterocycles. The number of ketones is 1. The lowest BCUT2D eigenvalue weighted by molar-refractivity contribution is 0.0962. The van der Waals surface area contributed by atoms with Crippen LogP contribution in [-0.4, -0.2) is 20.0 Å². The maximum atomic E-state index is 12.2. The minimum Gasteiger partial charge on any atom is -0.493 e. The van der Waals surface area contributed by atoms with E-state index in [-0.39, 0.29) is 11.2 Å². The second kappa shape index (κ2) is 5.89. The summed E-state index contributed by atoms with van der Waals surface area (Å²) in [6.07, 6.45) is 1.37. The molecule has 0 aromatic heterocycles. The molecule has 3 nitrogen and oxygen atoms in total. The van der Waals surface area contributed by atoms with Crippen molar-refractivity contribution in [2.24, 2.45) is 5.41 Å². The van der Waals surface area contributed by atoms with Crippen LogP contribution in [0.1, 0.15) is 44.0 Å². The molecule has 0 spiro atoms. The minimum atomic E-state index is 0.0978. The van der Waals surface area contributed by atoms with Crippen molar-refractivity contribution in [3.05, 3.63) is 23.8 Å². The van der Waals surface area contributed by atoms with Crippen LogP contribution < -0.4 is 9.47 Å². The number of methoxy groups -OCH3 is 2. The highest BCUT2D eigenvalue weighted by molar-refractivity contribution is 5.99. The number of rotatable bonds is 5. The van der Waals surface area contributed by atoms with Crippen LogP contribution in [0.3, 0.4) is 0 Å². The van der Waals surface area contributed by atoms with Gasteiger partial charge in [-0.3, -0.25) is 4.79 Å². The van der Waals surface area contributed by atoms with E-state index in [0.29, 0.717) is 23.5 Å². The first-order valence-corrected chi connectivity index (χ1v) is 6.13. The van der Waals surface area contributed by atoms with Crippen molar-refractivity contribution in [1.82, 2.24) is 0 Å². The summed E-state index contributed by atoms with van der Waals surface area (Å²) in [6, 6.07) is 5.39. The first-order valence-electron chi connectivity index (χ1n) is 6.13. The topological polar surface area (TPSA) is 35.5 Å². The molecule has 1 aromatic rings. The van der Waals surface area contributed by atoms with Gasteiger partial charge in [-0.25, -0.2) is 0 Å². The van der Waals surface area contributed by atoms with Crippen LogP contribution in [0, 0.1) is 5.41 Å². The first-order chi connectivity index (χ1) is 8.39. The SMILES string of the molecule is COc1cccc(C(=O)CCC(C)(C)C)c1OC. The molecule has 3 heteroatoms. The monoisotopic (exact) mass is 250 g/mol. The van der Waals surface area contributed by atoms with Gasteiger partial charge in [0.25, 0.3) is 0 Å². The molecule has 0 unspecified atom stereocenters. The Morgan fingerprint density at radius 2 is 1.83 bits per heavy atom. The standard InChI is InChI=1S/C15H22O3/c1-15(2,3)10-9-12(16)11-7-6-8-13(17-4)14(11)18-5/h6-8H,9-10H2,1-5H3. The van der Waals surface area contributed by atoms with Crippen LogP contribution >= 0.6 is 0 Å². The molecule has 0 N–H and O–H groups in total. The third kappa shape index (κ3) is 3.76. The van der Waals surface area contributed by atoms with Crippen molar-refractivity contribution in [3.63, 3.8) is 0 Å². The zero-order valence-electron chi connectivity index (χ0n) is 11.9. The van der Waals surface area contributed by atoms with E-state index in [4.69, 9.17) is 9.47 Å². The molecule has 0 aliphatic rings. The molecule has 0 fully saturated rings. The lowest BCUT2D eigenvalue weighted by Crippen LogP contribution is -2.10. The fraction of sp³-hybridized carbons (Fsp3) is 0.533. The first kappa shape index (κ1) is 14.6. The van der Waals surface area contributed by atoms with Crippen LogP contribution in [0.25, 0.3) is 0 Å². The summed E-state index contributed by atoms with van der Waals surface area (Å²) in [6.45, 7) is 6.38. The van der Waals surface area contributed by atoms with E-state index in [1.807, 2.05) is 6.07 Å². The maximum absolute atomic E-state index is 12.2. The molecule has 1 rings (SSSR count). The Hall–Kier alpha value is -1.51. The highest BCUT2D eigenvalue weighted by atomic mass is 16.5. The molecule has 0 saturated heterocycles. The lowest BCUT2D eigenvalue weighted by Gasteiger charge is -2.18. The van der Waals surface area contributed by atoms with Gasteiger partial charge in [0.2, 0.25) is 0 Å². The van der Waals surface area contributed by atoms with E-state index in [2.05, 4.69) is 20.8 Å². The summed E-state index contributed by atoms with van der Waals surface area (Å²) in [5.41, 5.74) is 0.753. The molecule has 0 aliphatic carbocycles. The van der Waals surface area contributed by atoms with Crippen LogP contribution in [0.5, 0.6) is 11.5 Å². The number of carbonyl (C=O) groups is 1. The molecule has 0 bridgehead atoms. The highest BCUT2D eigenvalue weighted by Gasteiger charge is 2.18. The maximum Gasteiger partial charge on any atom is 0.171 e. The summed E-state index contributed by atoms with van der Waals surface area (Å²) >= 11 is 0. The quantitative estimate of drug-likeness (QED) is 0.747. The van der Waals surface area contributed by atoms with E-state index < -0.39 is 0 Å². The van der Waals surface area contributed by atoms with Crippen molar-refractivity contribution in [2.45, 2.75) is 33.6 Å². The Morgan fingerprint density at radius 1 is 1.17 bits per heavy atom. The van der Waals surface area contributed by atoms with Crippen molar-refractivity contribution in [1.29, 1.82) is 0 Å². The molecule has 100 valence electrons. The Bertz CT molecular complexity index is 416. The predicted molar refractivity (Wildman–Crippen MR) is 72.6 cm³/mol. The summed E-state index contributed by atoms with van der Waals surface area (Å²) < 4.78 is 10.5. The van der Waals surface area contributed by atoms with Crippen LogP contribution in [-0.2, 0) is 0 Å².